The van der Waals surface area contributed by atoms with Crippen molar-refractivity contribution in [1.29, 1.82) is 0 Å². The highest BCUT2D eigenvalue weighted by atomic mass is 32.1. The predicted octanol–water partition coefficient (Wildman–Crippen LogP) is 3.01. The van der Waals surface area contributed by atoms with Gasteiger partial charge in [-0.05, 0) is 26.8 Å². The van der Waals surface area contributed by atoms with Gasteiger partial charge in [-0.15, -0.1) is 21.5 Å². The summed E-state index contributed by atoms with van der Waals surface area (Å²) in [5.74, 6) is 0.916. The maximum atomic E-state index is 5.41. The van der Waals surface area contributed by atoms with Crippen molar-refractivity contribution in [3.05, 3.63) is 39.3 Å². The molecule has 5 heteroatoms. The van der Waals surface area contributed by atoms with Gasteiger partial charge in [0.1, 0.15) is 15.8 Å². The molecule has 0 aliphatic rings. The average molecular weight is 277 g/mol. The molecule has 0 saturated heterocycles. The quantitative estimate of drug-likeness (QED) is 0.912. The number of ether oxygens (including phenoxy) is 1. The molecule has 1 heterocycles. The summed E-state index contributed by atoms with van der Waals surface area (Å²) in [6, 6.07) is 6.43. The first-order valence-electron chi connectivity index (χ1n) is 6.27. The largest absolute Gasteiger partial charge is 0.496 e. The van der Waals surface area contributed by atoms with Crippen molar-refractivity contribution in [2.75, 3.05) is 7.11 Å². The Hall–Kier alpha value is -1.46. The van der Waals surface area contributed by atoms with E-state index in [2.05, 4.69) is 41.5 Å². The summed E-state index contributed by atoms with van der Waals surface area (Å²) in [7, 11) is 1.70. The van der Waals surface area contributed by atoms with Crippen LogP contribution < -0.4 is 10.1 Å². The smallest absolute Gasteiger partial charge is 0.131 e. The van der Waals surface area contributed by atoms with E-state index in [4.69, 9.17) is 4.74 Å². The normalized spacial score (nSPS) is 12.4. The van der Waals surface area contributed by atoms with Crippen LogP contribution in [-0.4, -0.2) is 17.3 Å². The maximum absolute atomic E-state index is 5.41. The van der Waals surface area contributed by atoms with Crippen LogP contribution in [0.2, 0.25) is 0 Å². The van der Waals surface area contributed by atoms with Crippen molar-refractivity contribution >= 4 is 11.3 Å². The van der Waals surface area contributed by atoms with E-state index >= 15 is 0 Å². The van der Waals surface area contributed by atoms with Crippen LogP contribution in [0.3, 0.4) is 0 Å². The molecule has 1 aromatic carbocycles. The van der Waals surface area contributed by atoms with Crippen molar-refractivity contribution in [2.45, 2.75) is 33.4 Å². The summed E-state index contributed by atoms with van der Waals surface area (Å²) in [5, 5.41) is 13.6. The van der Waals surface area contributed by atoms with Crippen molar-refractivity contribution in [3.63, 3.8) is 0 Å². The van der Waals surface area contributed by atoms with Gasteiger partial charge in [-0.3, -0.25) is 0 Å². The van der Waals surface area contributed by atoms with Crippen LogP contribution in [0, 0.1) is 13.8 Å². The van der Waals surface area contributed by atoms with E-state index in [1.54, 1.807) is 18.4 Å². The fraction of sp³-hybridized carbons (Fsp3) is 0.429. The van der Waals surface area contributed by atoms with Gasteiger partial charge in [-0.1, -0.05) is 17.7 Å². The van der Waals surface area contributed by atoms with Crippen LogP contribution in [0.25, 0.3) is 0 Å². The Balaban J connectivity index is 2.06. The van der Waals surface area contributed by atoms with Crippen molar-refractivity contribution < 1.29 is 4.74 Å². The van der Waals surface area contributed by atoms with E-state index < -0.39 is 0 Å². The lowest BCUT2D eigenvalue weighted by molar-refractivity contribution is 0.401. The lowest BCUT2D eigenvalue weighted by Crippen LogP contribution is -2.18. The second-order valence-electron chi connectivity index (χ2n) is 4.56. The molecule has 0 unspecified atom stereocenters. The lowest BCUT2D eigenvalue weighted by atomic mass is 10.0. The third kappa shape index (κ3) is 3.52. The van der Waals surface area contributed by atoms with Crippen LogP contribution >= 0.6 is 11.3 Å². The van der Waals surface area contributed by atoms with Crippen LogP contribution in [-0.2, 0) is 6.54 Å². The number of nitrogens with one attached hydrogen (secondary N) is 1. The first-order chi connectivity index (χ1) is 9.10. The molecule has 0 aliphatic carbocycles. The molecule has 0 fully saturated rings. The van der Waals surface area contributed by atoms with Gasteiger partial charge in [0.15, 0.2) is 0 Å². The Kier molecular flexibility index (Phi) is 4.50. The van der Waals surface area contributed by atoms with E-state index in [1.165, 1.54) is 11.1 Å². The minimum absolute atomic E-state index is 0.207. The third-order valence-corrected chi connectivity index (χ3v) is 3.82. The van der Waals surface area contributed by atoms with E-state index in [9.17, 15) is 0 Å². The number of benzene rings is 1. The number of hydrogen-bond donors (Lipinski definition) is 1. The molecule has 0 amide bonds. The standard InChI is InChI=1S/C14H19N3OS/c1-9-5-6-13(18-4)12(7-9)10(2)15-8-14-17-16-11(3)19-14/h5-7,10,15H,8H2,1-4H3/t10-/m0/s1. The zero-order valence-corrected chi connectivity index (χ0v) is 12.5. The van der Waals surface area contributed by atoms with Crippen molar-refractivity contribution in [1.82, 2.24) is 15.5 Å². The van der Waals surface area contributed by atoms with Gasteiger partial charge < -0.3 is 10.1 Å². The summed E-state index contributed by atoms with van der Waals surface area (Å²) in [5.41, 5.74) is 2.40. The molecule has 2 aromatic rings. The van der Waals surface area contributed by atoms with Crippen LogP contribution in [0.5, 0.6) is 5.75 Å². The molecule has 0 bridgehead atoms. The molecular formula is C14H19N3OS. The highest BCUT2D eigenvalue weighted by Crippen LogP contribution is 2.26. The van der Waals surface area contributed by atoms with Gasteiger partial charge in [0.05, 0.1) is 13.7 Å². The molecule has 1 atom stereocenters. The summed E-state index contributed by atoms with van der Waals surface area (Å²) in [6.07, 6.45) is 0. The lowest BCUT2D eigenvalue weighted by Gasteiger charge is -2.17. The Morgan fingerprint density at radius 1 is 1.32 bits per heavy atom. The van der Waals surface area contributed by atoms with Gasteiger partial charge in [-0.25, -0.2) is 0 Å². The molecule has 0 aliphatic heterocycles. The summed E-state index contributed by atoms with van der Waals surface area (Å²) < 4.78 is 5.41. The molecule has 1 N–H and O–H groups in total. The van der Waals surface area contributed by atoms with E-state index in [-0.39, 0.29) is 6.04 Å². The molecule has 0 saturated carbocycles. The second-order valence-corrected chi connectivity index (χ2v) is 5.83. The topological polar surface area (TPSA) is 47.0 Å². The van der Waals surface area contributed by atoms with Gasteiger partial charge >= 0.3 is 0 Å². The third-order valence-electron chi connectivity index (χ3n) is 2.98. The second kappa shape index (κ2) is 6.12. The Morgan fingerprint density at radius 2 is 2.11 bits per heavy atom. The number of nitrogens with zero attached hydrogens (tertiary/aromatic N) is 2. The number of aryl methyl sites for hydroxylation is 2. The minimum Gasteiger partial charge on any atom is -0.496 e. The van der Waals surface area contributed by atoms with Gasteiger partial charge in [-0.2, -0.15) is 0 Å². The summed E-state index contributed by atoms with van der Waals surface area (Å²) in [4.78, 5) is 0. The van der Waals surface area contributed by atoms with Crippen LogP contribution in [0.4, 0.5) is 0 Å². The molecule has 4 nitrogen and oxygen atoms in total. The Labute approximate surface area is 117 Å². The number of aromatic nitrogens is 2. The zero-order valence-electron chi connectivity index (χ0n) is 11.7. The van der Waals surface area contributed by atoms with Gasteiger partial charge in [0.2, 0.25) is 0 Å². The number of rotatable bonds is 5. The van der Waals surface area contributed by atoms with E-state index in [0.717, 1.165) is 22.3 Å². The van der Waals surface area contributed by atoms with Crippen molar-refractivity contribution in [3.8, 4) is 5.75 Å². The Bertz CT molecular complexity index is 553. The van der Waals surface area contributed by atoms with Crippen molar-refractivity contribution in [2.24, 2.45) is 0 Å². The molecular weight excluding hydrogens is 258 g/mol. The molecule has 1 aromatic heterocycles. The molecule has 102 valence electrons. The highest BCUT2D eigenvalue weighted by molar-refractivity contribution is 7.11. The molecule has 19 heavy (non-hydrogen) atoms. The summed E-state index contributed by atoms with van der Waals surface area (Å²) >= 11 is 1.62. The zero-order chi connectivity index (χ0) is 13.8. The number of methoxy groups -OCH3 is 1. The monoisotopic (exact) mass is 277 g/mol. The predicted molar refractivity (Wildman–Crippen MR) is 77.6 cm³/mol. The Morgan fingerprint density at radius 3 is 2.74 bits per heavy atom. The minimum atomic E-state index is 0.207. The molecule has 0 radical (unpaired) electrons. The first-order valence-corrected chi connectivity index (χ1v) is 7.08. The first kappa shape index (κ1) is 14.0. The fourth-order valence-corrected chi connectivity index (χ4v) is 2.61. The van der Waals surface area contributed by atoms with Gasteiger partial charge in [0, 0.05) is 11.6 Å². The fourth-order valence-electron chi connectivity index (χ4n) is 1.95. The van der Waals surface area contributed by atoms with Gasteiger partial charge in [0.25, 0.3) is 0 Å². The summed E-state index contributed by atoms with van der Waals surface area (Å²) in [6.45, 7) is 6.91. The maximum Gasteiger partial charge on any atom is 0.131 e. The van der Waals surface area contributed by atoms with E-state index in [1.807, 2.05) is 13.0 Å². The number of hydrogen-bond acceptors (Lipinski definition) is 5. The van der Waals surface area contributed by atoms with Crippen LogP contribution in [0.1, 0.15) is 34.1 Å². The average Bonchev–Trinajstić information content (AvgIpc) is 2.81. The molecule has 0 spiro atoms. The van der Waals surface area contributed by atoms with Crippen LogP contribution in [0.15, 0.2) is 18.2 Å². The molecule has 2 rings (SSSR count). The van der Waals surface area contributed by atoms with E-state index in [0.29, 0.717) is 0 Å². The SMILES string of the molecule is COc1ccc(C)cc1[C@H](C)NCc1nnc(C)s1. The highest BCUT2D eigenvalue weighted by Gasteiger charge is 2.12.